The second kappa shape index (κ2) is 7.20. The monoisotopic (exact) mass is 406 g/mol. The van der Waals surface area contributed by atoms with Gasteiger partial charge in [0.25, 0.3) is 0 Å². The lowest BCUT2D eigenvalue weighted by Crippen LogP contribution is -2.27. The number of nitrogens with zero attached hydrogens (tertiary/aromatic N) is 3. The van der Waals surface area contributed by atoms with Crippen LogP contribution in [0.1, 0.15) is 26.6 Å². The van der Waals surface area contributed by atoms with Crippen molar-refractivity contribution >= 4 is 43.2 Å². The zero-order valence-electron chi connectivity index (χ0n) is 15.0. The van der Waals surface area contributed by atoms with E-state index in [-0.39, 0.29) is 15.9 Å². The molecule has 0 aliphatic rings. The van der Waals surface area contributed by atoms with Crippen molar-refractivity contribution in [2.75, 3.05) is 5.32 Å². The summed E-state index contributed by atoms with van der Waals surface area (Å²) >= 11 is 1.11. The van der Waals surface area contributed by atoms with Crippen LogP contribution in [0.25, 0.3) is 10.2 Å². The fraction of sp³-hybridized carbons (Fsp3) is 0.294. The highest BCUT2D eigenvalue weighted by Gasteiger charge is 2.22. The fourth-order valence-corrected chi connectivity index (χ4v) is 4.63. The minimum absolute atomic E-state index is 0.0308. The minimum Gasteiger partial charge on any atom is -0.444 e. The van der Waals surface area contributed by atoms with Crippen LogP contribution in [0, 0.1) is 0 Å². The highest BCUT2D eigenvalue weighted by molar-refractivity contribution is 7.92. The first kappa shape index (κ1) is 19.2. The van der Waals surface area contributed by atoms with Crippen molar-refractivity contribution in [1.82, 2.24) is 15.0 Å². The molecular weight excluding hydrogens is 388 g/mol. The van der Waals surface area contributed by atoms with Gasteiger partial charge in [0.05, 0.1) is 28.3 Å². The first-order valence-corrected chi connectivity index (χ1v) is 10.5. The van der Waals surface area contributed by atoms with Crippen LogP contribution in [0.5, 0.6) is 0 Å². The van der Waals surface area contributed by atoms with E-state index in [1.54, 1.807) is 32.9 Å². The third-order valence-corrected chi connectivity index (χ3v) is 6.31. The number of carbonyl (C=O) groups is 1. The summed E-state index contributed by atoms with van der Waals surface area (Å²) in [5.41, 5.74) is 0.320. The Balaban J connectivity index is 1.71. The number of anilines is 1. The molecule has 0 aliphatic carbocycles. The van der Waals surface area contributed by atoms with Crippen LogP contribution in [0.2, 0.25) is 0 Å². The van der Waals surface area contributed by atoms with Crippen LogP contribution < -0.4 is 5.32 Å². The van der Waals surface area contributed by atoms with Crippen LogP contribution in [0.3, 0.4) is 0 Å². The molecule has 0 radical (unpaired) electrons. The molecule has 0 saturated carbocycles. The molecule has 3 rings (SSSR count). The largest absolute Gasteiger partial charge is 0.444 e. The van der Waals surface area contributed by atoms with E-state index in [0.29, 0.717) is 11.2 Å². The molecule has 10 heteroatoms. The Labute approximate surface area is 160 Å². The second-order valence-electron chi connectivity index (χ2n) is 6.72. The molecule has 1 N–H and O–H groups in total. The number of para-hydroxylation sites is 1. The van der Waals surface area contributed by atoms with Gasteiger partial charge in [-0.15, -0.1) is 11.3 Å². The van der Waals surface area contributed by atoms with Crippen molar-refractivity contribution in [3.63, 3.8) is 0 Å². The number of ether oxygens (including phenoxy) is 1. The average Bonchev–Trinajstić information content (AvgIpc) is 3.00. The summed E-state index contributed by atoms with van der Waals surface area (Å²) in [7, 11) is -3.66. The number of benzene rings is 1. The van der Waals surface area contributed by atoms with E-state index in [1.165, 1.54) is 12.4 Å². The molecule has 8 nitrogen and oxygen atoms in total. The van der Waals surface area contributed by atoms with Gasteiger partial charge in [-0.3, -0.25) is 5.32 Å². The van der Waals surface area contributed by atoms with Crippen molar-refractivity contribution in [2.24, 2.45) is 0 Å². The molecule has 1 aromatic carbocycles. The summed E-state index contributed by atoms with van der Waals surface area (Å²) in [6.07, 6.45) is 2.03. The van der Waals surface area contributed by atoms with Gasteiger partial charge in [0, 0.05) is 0 Å². The van der Waals surface area contributed by atoms with Crippen molar-refractivity contribution in [3.05, 3.63) is 42.5 Å². The molecule has 142 valence electrons. The minimum atomic E-state index is -3.66. The number of nitrogens with one attached hydrogen (secondary N) is 1. The summed E-state index contributed by atoms with van der Waals surface area (Å²) < 4.78 is 31.1. The zero-order chi connectivity index (χ0) is 19.7. The SMILES string of the molecule is CC(C)(C)OC(=O)Nc1cnc(CS(=O)(=O)c2nc3ccccc3s2)nc1. The summed E-state index contributed by atoms with van der Waals surface area (Å²) in [5, 5.41) is 2.49. The molecule has 2 aromatic heterocycles. The molecule has 0 aliphatic heterocycles. The van der Waals surface area contributed by atoms with E-state index in [0.717, 1.165) is 16.0 Å². The van der Waals surface area contributed by atoms with Gasteiger partial charge in [-0.1, -0.05) is 12.1 Å². The summed E-state index contributed by atoms with van der Waals surface area (Å²) in [4.78, 5) is 23.9. The van der Waals surface area contributed by atoms with Crippen molar-refractivity contribution < 1.29 is 17.9 Å². The fourth-order valence-electron chi connectivity index (χ4n) is 2.13. The van der Waals surface area contributed by atoms with Gasteiger partial charge >= 0.3 is 6.09 Å². The van der Waals surface area contributed by atoms with Gasteiger partial charge in [0.1, 0.15) is 17.2 Å². The van der Waals surface area contributed by atoms with Crippen LogP contribution in [0.15, 0.2) is 41.0 Å². The lowest BCUT2D eigenvalue weighted by atomic mass is 10.2. The third-order valence-electron chi connectivity index (χ3n) is 3.21. The van der Waals surface area contributed by atoms with E-state index in [2.05, 4.69) is 20.3 Å². The predicted molar refractivity (Wildman–Crippen MR) is 102 cm³/mol. The van der Waals surface area contributed by atoms with Gasteiger partial charge in [-0.25, -0.2) is 28.2 Å². The Kier molecular flexibility index (Phi) is 5.11. The number of aromatic nitrogens is 3. The molecule has 0 unspecified atom stereocenters. The number of rotatable bonds is 4. The Morgan fingerprint density at radius 3 is 2.48 bits per heavy atom. The van der Waals surface area contributed by atoms with E-state index >= 15 is 0 Å². The second-order valence-corrected chi connectivity index (χ2v) is 9.92. The van der Waals surface area contributed by atoms with Crippen molar-refractivity contribution in [2.45, 2.75) is 36.5 Å². The van der Waals surface area contributed by atoms with Gasteiger partial charge in [-0.05, 0) is 32.9 Å². The quantitative estimate of drug-likeness (QED) is 0.707. The standard InChI is InChI=1S/C17H18N4O4S2/c1-17(2,3)25-15(22)20-11-8-18-14(19-9-11)10-27(23,24)16-21-12-6-4-5-7-13(12)26-16/h4-9H,10H2,1-3H3,(H,20,22). The Hall–Kier alpha value is -2.59. The summed E-state index contributed by atoms with van der Waals surface area (Å²) in [5.74, 6) is -0.261. The topological polar surface area (TPSA) is 111 Å². The Morgan fingerprint density at radius 2 is 1.85 bits per heavy atom. The molecule has 1 amide bonds. The normalized spacial score (nSPS) is 12.1. The van der Waals surface area contributed by atoms with Crippen molar-refractivity contribution in [3.8, 4) is 0 Å². The molecule has 2 heterocycles. The van der Waals surface area contributed by atoms with Crippen LogP contribution in [-0.2, 0) is 20.3 Å². The maximum atomic E-state index is 12.6. The van der Waals surface area contributed by atoms with Crippen LogP contribution in [-0.4, -0.2) is 35.1 Å². The number of thiazole rings is 1. The summed E-state index contributed by atoms with van der Waals surface area (Å²) in [6, 6.07) is 7.21. The van der Waals surface area contributed by atoms with Crippen molar-refractivity contribution in [1.29, 1.82) is 0 Å². The van der Waals surface area contributed by atoms with Gasteiger partial charge in [-0.2, -0.15) is 0 Å². The number of fused-ring (bicyclic) bond motifs is 1. The predicted octanol–water partition coefficient (Wildman–Crippen LogP) is 3.41. The third kappa shape index (κ3) is 4.98. The van der Waals surface area contributed by atoms with E-state index < -0.39 is 21.5 Å². The highest BCUT2D eigenvalue weighted by atomic mass is 32.2. The average molecular weight is 406 g/mol. The lowest BCUT2D eigenvalue weighted by Gasteiger charge is -2.19. The highest BCUT2D eigenvalue weighted by Crippen LogP contribution is 2.27. The molecule has 0 saturated heterocycles. The van der Waals surface area contributed by atoms with E-state index in [1.807, 2.05) is 12.1 Å². The first-order chi connectivity index (χ1) is 12.6. The maximum Gasteiger partial charge on any atom is 0.412 e. The first-order valence-electron chi connectivity index (χ1n) is 8.02. The Bertz CT molecular complexity index is 1040. The number of carbonyl (C=O) groups excluding carboxylic acids is 1. The number of sulfone groups is 1. The van der Waals surface area contributed by atoms with Crippen LogP contribution in [0.4, 0.5) is 10.5 Å². The number of hydrogen-bond donors (Lipinski definition) is 1. The molecule has 0 fully saturated rings. The van der Waals surface area contributed by atoms with Gasteiger partial charge in [0.15, 0.2) is 0 Å². The van der Waals surface area contributed by atoms with Gasteiger partial charge in [0.2, 0.25) is 14.2 Å². The molecule has 0 bridgehead atoms. The molecule has 0 atom stereocenters. The number of amides is 1. The molecule has 0 spiro atoms. The lowest BCUT2D eigenvalue weighted by molar-refractivity contribution is 0.0636. The van der Waals surface area contributed by atoms with E-state index in [4.69, 9.17) is 4.74 Å². The van der Waals surface area contributed by atoms with E-state index in [9.17, 15) is 13.2 Å². The zero-order valence-corrected chi connectivity index (χ0v) is 16.6. The van der Waals surface area contributed by atoms with Crippen LogP contribution >= 0.6 is 11.3 Å². The summed E-state index contributed by atoms with van der Waals surface area (Å²) in [6.45, 7) is 5.25. The van der Waals surface area contributed by atoms with Gasteiger partial charge < -0.3 is 4.74 Å². The number of hydrogen-bond acceptors (Lipinski definition) is 8. The molecular formula is C17H18N4O4S2. The smallest absolute Gasteiger partial charge is 0.412 e. The molecule has 3 aromatic rings. The molecule has 27 heavy (non-hydrogen) atoms. The Morgan fingerprint density at radius 1 is 1.19 bits per heavy atom. The maximum absolute atomic E-state index is 12.6.